The van der Waals surface area contributed by atoms with Gasteiger partial charge in [0.2, 0.25) is 0 Å². The molecule has 2 rings (SSSR count). The molecule has 4 N–H and O–H groups in total. The quantitative estimate of drug-likeness (QED) is 0.744. The Labute approximate surface area is 118 Å². The standard InChI is InChI=1S/C14H19N5O/c1-3-13-10(9-19(2)18-13)8-16-14(20)17-12-6-4-5-11(15)7-12/h4-7,9H,3,8,15H2,1-2H3,(H2,16,17,20). The molecular formula is C14H19N5O. The Hall–Kier alpha value is -2.50. The minimum Gasteiger partial charge on any atom is -0.399 e. The predicted octanol–water partition coefficient (Wildman–Crippen LogP) is 1.89. The Kier molecular flexibility index (Phi) is 4.24. The number of aryl methyl sites for hydroxylation is 2. The third-order valence-corrected chi connectivity index (χ3v) is 2.91. The van der Waals surface area contributed by atoms with Crippen LogP contribution in [0.2, 0.25) is 0 Å². The SMILES string of the molecule is CCc1nn(C)cc1CNC(=O)Nc1cccc(N)c1. The lowest BCUT2D eigenvalue weighted by Crippen LogP contribution is -2.28. The molecule has 0 bridgehead atoms. The van der Waals surface area contributed by atoms with Gasteiger partial charge in [-0.2, -0.15) is 5.10 Å². The number of aromatic nitrogens is 2. The van der Waals surface area contributed by atoms with Gasteiger partial charge in [0, 0.05) is 36.7 Å². The van der Waals surface area contributed by atoms with Gasteiger partial charge in [0.1, 0.15) is 0 Å². The van der Waals surface area contributed by atoms with Gasteiger partial charge in [0.15, 0.2) is 0 Å². The number of benzene rings is 1. The molecule has 0 radical (unpaired) electrons. The van der Waals surface area contributed by atoms with Crippen molar-refractivity contribution in [3.8, 4) is 0 Å². The fourth-order valence-corrected chi connectivity index (χ4v) is 2.00. The number of nitrogen functional groups attached to an aromatic ring is 1. The van der Waals surface area contributed by atoms with Gasteiger partial charge in [-0.1, -0.05) is 13.0 Å². The van der Waals surface area contributed by atoms with Crippen LogP contribution in [0, 0.1) is 0 Å². The third-order valence-electron chi connectivity index (χ3n) is 2.91. The highest BCUT2D eigenvalue weighted by Crippen LogP contribution is 2.11. The highest BCUT2D eigenvalue weighted by Gasteiger charge is 2.07. The van der Waals surface area contributed by atoms with Crippen molar-refractivity contribution >= 4 is 17.4 Å². The van der Waals surface area contributed by atoms with Gasteiger partial charge in [-0.05, 0) is 24.6 Å². The molecule has 1 aromatic carbocycles. The van der Waals surface area contributed by atoms with Crippen LogP contribution < -0.4 is 16.4 Å². The Morgan fingerprint density at radius 1 is 1.45 bits per heavy atom. The number of nitrogens with two attached hydrogens (primary N) is 1. The molecule has 6 heteroatoms. The summed E-state index contributed by atoms with van der Waals surface area (Å²) in [7, 11) is 1.87. The van der Waals surface area contributed by atoms with E-state index in [0.717, 1.165) is 17.7 Å². The van der Waals surface area contributed by atoms with E-state index in [1.807, 2.05) is 20.2 Å². The highest BCUT2D eigenvalue weighted by atomic mass is 16.2. The molecule has 20 heavy (non-hydrogen) atoms. The van der Waals surface area contributed by atoms with Crippen LogP contribution in [-0.4, -0.2) is 15.8 Å². The lowest BCUT2D eigenvalue weighted by molar-refractivity contribution is 0.251. The molecule has 2 aromatic rings. The normalized spacial score (nSPS) is 10.3. The summed E-state index contributed by atoms with van der Waals surface area (Å²) in [6.45, 7) is 2.49. The zero-order chi connectivity index (χ0) is 14.5. The Morgan fingerprint density at radius 3 is 2.95 bits per heavy atom. The van der Waals surface area contributed by atoms with Crippen molar-refractivity contribution in [2.45, 2.75) is 19.9 Å². The summed E-state index contributed by atoms with van der Waals surface area (Å²) >= 11 is 0. The molecule has 0 fully saturated rings. The molecule has 0 aliphatic carbocycles. The largest absolute Gasteiger partial charge is 0.399 e. The first-order chi connectivity index (χ1) is 9.58. The minimum atomic E-state index is -0.262. The molecule has 0 unspecified atom stereocenters. The van der Waals surface area contributed by atoms with E-state index in [2.05, 4.69) is 15.7 Å². The van der Waals surface area contributed by atoms with Crippen molar-refractivity contribution in [3.63, 3.8) is 0 Å². The number of hydrogen-bond donors (Lipinski definition) is 3. The van der Waals surface area contributed by atoms with E-state index in [0.29, 0.717) is 17.9 Å². The molecule has 1 aromatic heterocycles. The van der Waals surface area contributed by atoms with Crippen LogP contribution in [0.4, 0.5) is 16.2 Å². The number of rotatable bonds is 4. The average Bonchev–Trinajstić information content (AvgIpc) is 2.77. The summed E-state index contributed by atoms with van der Waals surface area (Å²) < 4.78 is 1.76. The molecule has 0 atom stereocenters. The van der Waals surface area contributed by atoms with Gasteiger partial charge in [-0.15, -0.1) is 0 Å². The summed E-state index contributed by atoms with van der Waals surface area (Å²) in [5.41, 5.74) is 8.96. The number of nitrogens with zero attached hydrogens (tertiary/aromatic N) is 2. The van der Waals surface area contributed by atoms with Crippen LogP contribution in [0.25, 0.3) is 0 Å². The van der Waals surface area contributed by atoms with Crippen LogP contribution in [0.3, 0.4) is 0 Å². The summed E-state index contributed by atoms with van der Waals surface area (Å²) in [5.74, 6) is 0. The van der Waals surface area contributed by atoms with E-state index in [4.69, 9.17) is 5.73 Å². The Bertz CT molecular complexity index is 605. The molecule has 0 saturated carbocycles. The first-order valence-electron chi connectivity index (χ1n) is 6.50. The van der Waals surface area contributed by atoms with Crippen molar-refractivity contribution in [2.75, 3.05) is 11.1 Å². The molecule has 6 nitrogen and oxygen atoms in total. The first kappa shape index (κ1) is 13.9. The number of carbonyl (C=O) groups excluding carboxylic acids is 1. The molecule has 0 spiro atoms. The fraction of sp³-hybridized carbons (Fsp3) is 0.286. The van der Waals surface area contributed by atoms with E-state index < -0.39 is 0 Å². The van der Waals surface area contributed by atoms with Crippen molar-refractivity contribution in [3.05, 3.63) is 41.7 Å². The van der Waals surface area contributed by atoms with E-state index in [9.17, 15) is 4.79 Å². The number of nitrogens with one attached hydrogen (secondary N) is 2. The molecular weight excluding hydrogens is 254 g/mol. The molecule has 106 valence electrons. The topological polar surface area (TPSA) is 85.0 Å². The number of amides is 2. The van der Waals surface area contributed by atoms with Crippen LogP contribution in [0.5, 0.6) is 0 Å². The predicted molar refractivity (Wildman–Crippen MR) is 79.3 cm³/mol. The molecule has 0 aliphatic heterocycles. The summed E-state index contributed by atoms with van der Waals surface area (Å²) in [5, 5.41) is 9.88. The third kappa shape index (κ3) is 3.50. The number of anilines is 2. The van der Waals surface area contributed by atoms with E-state index in [1.54, 1.807) is 28.9 Å². The van der Waals surface area contributed by atoms with Gasteiger partial charge in [-0.3, -0.25) is 4.68 Å². The summed E-state index contributed by atoms with van der Waals surface area (Å²) in [6.07, 6.45) is 2.76. The zero-order valence-electron chi connectivity index (χ0n) is 11.7. The second-order valence-electron chi connectivity index (χ2n) is 4.56. The van der Waals surface area contributed by atoms with Crippen molar-refractivity contribution < 1.29 is 4.79 Å². The first-order valence-corrected chi connectivity index (χ1v) is 6.50. The lowest BCUT2D eigenvalue weighted by atomic mass is 10.2. The smallest absolute Gasteiger partial charge is 0.319 e. The molecule has 2 amide bonds. The van der Waals surface area contributed by atoms with Crippen LogP contribution >= 0.6 is 0 Å². The maximum absolute atomic E-state index is 11.8. The molecule has 1 heterocycles. The average molecular weight is 273 g/mol. The second-order valence-corrected chi connectivity index (χ2v) is 4.56. The number of hydrogen-bond acceptors (Lipinski definition) is 3. The number of carbonyl (C=O) groups is 1. The van der Waals surface area contributed by atoms with Crippen molar-refractivity contribution in [2.24, 2.45) is 7.05 Å². The zero-order valence-corrected chi connectivity index (χ0v) is 11.7. The summed E-state index contributed by atoms with van der Waals surface area (Å²) in [6, 6.07) is 6.80. The maximum atomic E-state index is 11.8. The van der Waals surface area contributed by atoms with Crippen molar-refractivity contribution in [1.82, 2.24) is 15.1 Å². The van der Waals surface area contributed by atoms with Crippen LogP contribution in [0.1, 0.15) is 18.2 Å². The van der Waals surface area contributed by atoms with Gasteiger partial charge in [0.25, 0.3) is 0 Å². The highest BCUT2D eigenvalue weighted by molar-refractivity contribution is 5.89. The fourth-order valence-electron chi connectivity index (χ4n) is 2.00. The van der Waals surface area contributed by atoms with Gasteiger partial charge < -0.3 is 16.4 Å². The summed E-state index contributed by atoms with van der Waals surface area (Å²) in [4.78, 5) is 11.8. The minimum absolute atomic E-state index is 0.262. The molecule has 0 saturated heterocycles. The van der Waals surface area contributed by atoms with Crippen molar-refractivity contribution in [1.29, 1.82) is 0 Å². The van der Waals surface area contributed by atoms with Gasteiger partial charge in [-0.25, -0.2) is 4.79 Å². The van der Waals surface area contributed by atoms with E-state index in [-0.39, 0.29) is 6.03 Å². The van der Waals surface area contributed by atoms with Crippen LogP contribution in [-0.2, 0) is 20.0 Å². The Balaban J connectivity index is 1.92. The van der Waals surface area contributed by atoms with Gasteiger partial charge >= 0.3 is 6.03 Å². The molecule has 0 aliphatic rings. The maximum Gasteiger partial charge on any atom is 0.319 e. The lowest BCUT2D eigenvalue weighted by Gasteiger charge is -2.07. The number of urea groups is 1. The van der Waals surface area contributed by atoms with Crippen LogP contribution in [0.15, 0.2) is 30.5 Å². The Morgan fingerprint density at radius 2 is 2.25 bits per heavy atom. The van der Waals surface area contributed by atoms with E-state index >= 15 is 0 Å². The van der Waals surface area contributed by atoms with E-state index in [1.165, 1.54) is 0 Å². The second kappa shape index (κ2) is 6.10. The monoisotopic (exact) mass is 273 g/mol. The van der Waals surface area contributed by atoms with Gasteiger partial charge in [0.05, 0.1) is 5.69 Å².